The van der Waals surface area contributed by atoms with Gasteiger partial charge in [-0.05, 0) is 95.7 Å². The second-order valence-electron chi connectivity index (χ2n) is 17.3. The van der Waals surface area contributed by atoms with Gasteiger partial charge in [0.1, 0.15) is 23.7 Å². The summed E-state index contributed by atoms with van der Waals surface area (Å²) in [7, 11) is -3.88. The number of amides is 4. The minimum atomic E-state index is -3.88. The first-order valence-electron chi connectivity index (χ1n) is 19.8. The first-order valence-corrected chi connectivity index (χ1v) is 22.2. The number of nitrogens with one attached hydrogen (secondary N) is 3. The molecule has 2 aliphatic heterocycles. The number of carbonyl (C=O) groups is 4. The van der Waals surface area contributed by atoms with Gasteiger partial charge >= 0.3 is 6.09 Å². The zero-order valence-corrected chi connectivity index (χ0v) is 33.8. The third-order valence-electron chi connectivity index (χ3n) is 12.3. The van der Waals surface area contributed by atoms with E-state index in [1.165, 1.54) is 10.9 Å². The van der Waals surface area contributed by atoms with Gasteiger partial charge in [-0.25, -0.2) is 13.2 Å². The number of hydrogen-bond donors (Lipinski definition) is 3. The van der Waals surface area contributed by atoms with E-state index in [1.54, 1.807) is 22.3 Å². The van der Waals surface area contributed by atoms with Crippen LogP contribution in [-0.4, -0.2) is 83.6 Å². The number of hydrogen-bond acceptors (Lipinski definition) is 9. The van der Waals surface area contributed by atoms with Crippen LogP contribution >= 0.6 is 11.3 Å². The standard InChI is InChI=1S/C42H51N5O7S2/c1-5-27-21-42(27,39(50)45-56(52,53)30-16-17-30)44-37(48)33-20-28(23-47(33)38(49)36(41(2,3)4)43-40(51)54-29-12-6-7-13-29)46-22-26-11-8-10-25-15-18-31(32(24-46)35(25)26)34-14-9-19-55-34/h5,8-11,14-15,18-19,27-30,33,36H,1,6-7,12-13,16-17,20-24H2,2-4H3,(H,43,51)(H,44,48)(H,45,50)/t27-,28-,33+,36-,42-/m1/s1. The predicted octanol–water partition coefficient (Wildman–Crippen LogP) is 5.61. The Kier molecular flexibility index (Phi) is 10.1. The van der Waals surface area contributed by atoms with Gasteiger partial charge in [0.05, 0.1) is 5.25 Å². The molecule has 56 heavy (non-hydrogen) atoms. The Morgan fingerprint density at radius 3 is 2.45 bits per heavy atom. The Bertz CT molecular complexity index is 2170. The number of nitrogens with zero attached hydrogens (tertiary/aromatic N) is 2. The maximum absolute atomic E-state index is 14.9. The average molecular weight is 802 g/mol. The zero-order valence-electron chi connectivity index (χ0n) is 32.2. The van der Waals surface area contributed by atoms with Gasteiger partial charge in [-0.15, -0.1) is 17.9 Å². The molecule has 3 saturated carbocycles. The van der Waals surface area contributed by atoms with Gasteiger partial charge < -0.3 is 20.3 Å². The van der Waals surface area contributed by atoms with Crippen molar-refractivity contribution >= 4 is 55.9 Å². The van der Waals surface area contributed by atoms with Crippen molar-refractivity contribution in [2.24, 2.45) is 11.3 Å². The van der Waals surface area contributed by atoms with Gasteiger partial charge in [0.15, 0.2) is 0 Å². The fourth-order valence-corrected chi connectivity index (χ4v) is 11.1. The van der Waals surface area contributed by atoms with Crippen molar-refractivity contribution < 1.29 is 32.3 Å². The summed E-state index contributed by atoms with van der Waals surface area (Å²) in [4.78, 5) is 61.4. The molecular weight excluding hydrogens is 751 g/mol. The van der Waals surface area contributed by atoms with Gasteiger partial charge in [0, 0.05) is 36.5 Å². The van der Waals surface area contributed by atoms with Crippen LogP contribution in [0.15, 0.2) is 60.5 Å². The summed E-state index contributed by atoms with van der Waals surface area (Å²) in [5.74, 6) is -2.25. The smallest absolute Gasteiger partial charge is 0.408 e. The van der Waals surface area contributed by atoms with Crippen LogP contribution in [0.5, 0.6) is 0 Å². The van der Waals surface area contributed by atoms with Crippen LogP contribution in [0.25, 0.3) is 21.2 Å². The molecule has 12 nitrogen and oxygen atoms in total. The highest BCUT2D eigenvalue weighted by Crippen LogP contribution is 2.46. The molecule has 3 aliphatic carbocycles. The molecule has 0 spiro atoms. The minimum Gasteiger partial charge on any atom is -0.446 e. The fourth-order valence-electron chi connectivity index (χ4n) is 8.94. The van der Waals surface area contributed by atoms with Crippen LogP contribution in [0, 0.1) is 11.3 Å². The molecule has 0 radical (unpaired) electrons. The molecule has 0 unspecified atom stereocenters. The number of thiophene rings is 1. The van der Waals surface area contributed by atoms with Gasteiger partial charge in [-0.3, -0.25) is 24.0 Å². The van der Waals surface area contributed by atoms with Gasteiger partial charge in [0.2, 0.25) is 21.8 Å². The number of rotatable bonds is 11. The molecule has 1 aromatic heterocycles. The Labute approximate surface area is 332 Å². The molecule has 2 aromatic carbocycles. The molecule has 5 aliphatic rings. The van der Waals surface area contributed by atoms with Crippen molar-refractivity contribution in [3.8, 4) is 10.4 Å². The molecule has 4 amide bonds. The van der Waals surface area contributed by atoms with E-state index in [9.17, 15) is 27.6 Å². The van der Waals surface area contributed by atoms with Crippen LogP contribution < -0.4 is 15.4 Å². The topological polar surface area (TPSA) is 154 Å². The maximum Gasteiger partial charge on any atom is 0.408 e. The second kappa shape index (κ2) is 14.6. The SMILES string of the molecule is C=C[C@@H]1C[C@]1(NC(=O)[C@@H]1C[C@@H](N2Cc3cccc4ccc(-c5cccs5)c(c34)C2)CN1C(=O)[C@@H](NC(=O)OC1CCCC1)C(C)(C)C)C(=O)NS(=O)(=O)C1CC1. The highest BCUT2D eigenvalue weighted by atomic mass is 32.2. The number of benzene rings is 2. The highest BCUT2D eigenvalue weighted by molar-refractivity contribution is 7.91. The molecular formula is C42H51N5O7S2. The average Bonchev–Trinajstić information content (AvgIpc) is 3.89. The Morgan fingerprint density at radius 1 is 1.02 bits per heavy atom. The van der Waals surface area contributed by atoms with E-state index in [0.717, 1.165) is 47.1 Å². The van der Waals surface area contributed by atoms with Crippen molar-refractivity contribution in [3.05, 3.63) is 71.6 Å². The largest absolute Gasteiger partial charge is 0.446 e. The van der Waals surface area contributed by atoms with Crippen molar-refractivity contribution in [3.63, 3.8) is 0 Å². The summed E-state index contributed by atoms with van der Waals surface area (Å²) in [5, 5.41) is 9.61. The summed E-state index contributed by atoms with van der Waals surface area (Å²) in [5.41, 5.74) is 1.26. The molecule has 4 fully saturated rings. The fraction of sp³-hybridized carbons (Fsp3) is 0.524. The van der Waals surface area contributed by atoms with Crippen molar-refractivity contribution in [2.75, 3.05) is 6.54 Å². The first kappa shape index (κ1) is 38.6. The van der Waals surface area contributed by atoms with Gasteiger partial charge in [-0.2, -0.15) is 0 Å². The van der Waals surface area contributed by atoms with E-state index < -0.39 is 68.0 Å². The molecule has 5 atom stereocenters. The molecule has 14 heteroatoms. The van der Waals surface area contributed by atoms with Crippen LogP contribution in [0.2, 0.25) is 0 Å². The lowest BCUT2D eigenvalue weighted by Crippen LogP contribution is -2.60. The van der Waals surface area contributed by atoms with E-state index in [2.05, 4.69) is 68.6 Å². The third-order valence-corrected chi connectivity index (χ3v) is 15.1. The Balaban J connectivity index is 1.10. The number of carbonyl (C=O) groups excluding carboxylic acids is 4. The number of likely N-dealkylation sites (tertiary alicyclic amines) is 1. The number of sulfonamides is 1. The van der Waals surface area contributed by atoms with Crippen molar-refractivity contribution in [1.82, 2.24) is 25.2 Å². The van der Waals surface area contributed by atoms with E-state index in [1.807, 2.05) is 26.8 Å². The van der Waals surface area contributed by atoms with Crippen LogP contribution in [0.3, 0.4) is 0 Å². The predicted molar refractivity (Wildman–Crippen MR) is 215 cm³/mol. The monoisotopic (exact) mass is 801 g/mol. The highest BCUT2D eigenvalue weighted by Gasteiger charge is 2.62. The van der Waals surface area contributed by atoms with Crippen molar-refractivity contribution in [2.45, 2.75) is 120 Å². The maximum atomic E-state index is 14.9. The third kappa shape index (κ3) is 7.35. The normalized spacial score (nSPS) is 25.8. The van der Waals surface area contributed by atoms with E-state index >= 15 is 0 Å². The minimum absolute atomic E-state index is 0.190. The summed E-state index contributed by atoms with van der Waals surface area (Å²) in [6.07, 6.45) is 5.63. The van der Waals surface area contributed by atoms with Gasteiger partial charge in [-0.1, -0.05) is 63.2 Å². The summed E-state index contributed by atoms with van der Waals surface area (Å²) in [6.45, 7) is 10.8. The molecule has 3 heterocycles. The molecule has 1 saturated heterocycles. The molecule has 0 bridgehead atoms. The zero-order chi connectivity index (χ0) is 39.6. The van der Waals surface area contributed by atoms with Crippen LogP contribution in [0.1, 0.15) is 83.3 Å². The summed E-state index contributed by atoms with van der Waals surface area (Å²) in [6, 6.07) is 12.5. The molecule has 3 aromatic rings. The number of alkyl carbamates (subject to hydrolysis) is 1. The van der Waals surface area contributed by atoms with Gasteiger partial charge in [0.25, 0.3) is 5.91 Å². The lowest BCUT2D eigenvalue weighted by Gasteiger charge is -2.36. The Morgan fingerprint density at radius 2 is 1.79 bits per heavy atom. The summed E-state index contributed by atoms with van der Waals surface area (Å²) < 4.78 is 33.6. The number of ether oxygens (including phenoxy) is 1. The Hall–Kier alpha value is -4.27. The molecule has 8 rings (SSSR count). The van der Waals surface area contributed by atoms with Crippen LogP contribution in [-0.2, 0) is 42.2 Å². The quantitative estimate of drug-likeness (QED) is 0.212. The van der Waals surface area contributed by atoms with Crippen molar-refractivity contribution in [1.29, 1.82) is 0 Å². The van der Waals surface area contributed by atoms with E-state index in [4.69, 9.17) is 4.74 Å². The lowest BCUT2D eigenvalue weighted by molar-refractivity contribution is -0.142. The van der Waals surface area contributed by atoms with Crippen LogP contribution in [0.4, 0.5) is 4.79 Å². The molecule has 3 N–H and O–H groups in total. The lowest BCUT2D eigenvalue weighted by atomic mass is 9.85. The van der Waals surface area contributed by atoms with E-state index in [-0.39, 0.29) is 31.5 Å². The second-order valence-corrected chi connectivity index (χ2v) is 20.2. The molecule has 298 valence electrons. The first-order chi connectivity index (χ1) is 26.7. The van der Waals surface area contributed by atoms with E-state index in [0.29, 0.717) is 25.9 Å². The summed E-state index contributed by atoms with van der Waals surface area (Å²) >= 11 is 1.68.